The average Bonchev–Trinajstić information content (AvgIpc) is 3.10. The maximum Gasteiger partial charge on any atom is 0.297 e. The van der Waals surface area contributed by atoms with Crippen molar-refractivity contribution < 1.29 is 28.8 Å². The molecule has 0 spiro atoms. The van der Waals surface area contributed by atoms with Crippen molar-refractivity contribution in [2.75, 3.05) is 18.2 Å². The summed E-state index contributed by atoms with van der Waals surface area (Å²) < 4.78 is 11.2. The van der Waals surface area contributed by atoms with E-state index in [0.717, 1.165) is 11.8 Å². The number of hydrogen-bond donors (Lipinski definition) is 1. The lowest BCUT2D eigenvalue weighted by Crippen LogP contribution is -2.34. The Kier molecular flexibility index (Phi) is 6.52. The highest BCUT2D eigenvalue weighted by molar-refractivity contribution is 7.99. The normalized spacial score (nSPS) is 10.6. The van der Waals surface area contributed by atoms with Crippen molar-refractivity contribution in [2.24, 2.45) is 0 Å². The minimum absolute atomic E-state index is 0.0421. The molecule has 156 valence electrons. The number of thioether (sulfide) groups is 1. The molecule has 3 aromatic rings. The van der Waals surface area contributed by atoms with E-state index in [1.165, 1.54) is 22.9 Å². The zero-order valence-electron chi connectivity index (χ0n) is 16.2. The molecule has 0 aliphatic carbocycles. The summed E-state index contributed by atoms with van der Waals surface area (Å²) in [7, 11) is 1.55. The van der Waals surface area contributed by atoms with Gasteiger partial charge in [-0.05, 0) is 35.4 Å². The molecule has 1 heterocycles. The summed E-state index contributed by atoms with van der Waals surface area (Å²) in [6.07, 6.45) is 0.119. The Morgan fingerprint density at radius 2 is 2.03 bits per heavy atom. The number of non-ortho nitro benzene ring substituents is 1. The number of carbonyl (C=O) groups is 1. The quantitative estimate of drug-likeness (QED) is 0.249. The fourth-order valence-corrected chi connectivity index (χ4v) is 3.50. The number of carbonyl (C=O) groups excluding carboxylic acids is 1. The van der Waals surface area contributed by atoms with Crippen LogP contribution in [0, 0.1) is 17.0 Å². The smallest absolute Gasteiger partial charge is 0.297 e. The van der Waals surface area contributed by atoms with Gasteiger partial charge in [-0.25, -0.2) is 0 Å². The highest BCUT2D eigenvalue weighted by Crippen LogP contribution is 2.25. The van der Waals surface area contributed by atoms with Crippen molar-refractivity contribution in [3.63, 3.8) is 0 Å². The van der Waals surface area contributed by atoms with E-state index in [4.69, 9.17) is 9.26 Å². The number of aryl methyl sites for hydroxylation is 1. The number of methoxy groups -OCH3 is 1. The maximum absolute atomic E-state index is 12.2. The molecule has 0 fully saturated rings. The lowest BCUT2D eigenvalue weighted by atomic mass is 10.2. The third-order valence-corrected chi connectivity index (χ3v) is 5.17. The van der Waals surface area contributed by atoms with Crippen LogP contribution in [0.5, 0.6) is 11.7 Å². The standard InChI is InChI=1S/C19H18N4O6S/c1-12-11-14(23(26)27)5-8-16(12)20-17(24)9-10-30-18-19(25)29-21-22(18)13-3-6-15(28-2)7-4-13/h3-8,11H,9-10H2,1-2H3,(H-,20,21,24,25). The molecule has 1 aromatic heterocycles. The third-order valence-electron chi connectivity index (χ3n) is 4.15. The van der Waals surface area contributed by atoms with Gasteiger partial charge in [0.15, 0.2) is 5.95 Å². The molecule has 0 unspecified atom stereocenters. The molecule has 0 aliphatic rings. The van der Waals surface area contributed by atoms with Gasteiger partial charge in [-0.1, -0.05) is 11.8 Å². The van der Waals surface area contributed by atoms with Gasteiger partial charge in [0.05, 0.1) is 17.3 Å². The van der Waals surface area contributed by atoms with Crippen molar-refractivity contribution >= 4 is 29.0 Å². The van der Waals surface area contributed by atoms with E-state index in [-0.39, 0.29) is 23.0 Å². The van der Waals surface area contributed by atoms with Crippen LogP contribution in [-0.2, 0) is 4.79 Å². The first-order chi connectivity index (χ1) is 14.4. The third kappa shape index (κ3) is 4.87. The van der Waals surface area contributed by atoms with Gasteiger partial charge in [0.2, 0.25) is 11.6 Å². The number of nitrogens with zero attached hydrogens (tertiary/aromatic N) is 3. The lowest BCUT2D eigenvalue weighted by Gasteiger charge is -2.07. The van der Waals surface area contributed by atoms with Crippen molar-refractivity contribution in [1.29, 1.82) is 0 Å². The second-order valence-electron chi connectivity index (χ2n) is 6.18. The zero-order valence-corrected chi connectivity index (χ0v) is 17.0. The number of hydrogen-bond acceptors (Lipinski definition) is 8. The Labute approximate surface area is 175 Å². The number of amides is 1. The molecular formula is C19H18N4O6S. The van der Waals surface area contributed by atoms with Crippen molar-refractivity contribution in [3.8, 4) is 17.4 Å². The van der Waals surface area contributed by atoms with E-state index < -0.39 is 10.9 Å². The molecule has 1 N–H and O–H groups in total. The van der Waals surface area contributed by atoms with Gasteiger partial charge in [-0.2, -0.15) is 0 Å². The molecular weight excluding hydrogens is 412 g/mol. The Bertz CT molecular complexity index is 1070. The second-order valence-corrected chi connectivity index (χ2v) is 7.26. The van der Waals surface area contributed by atoms with Crippen LogP contribution < -0.4 is 19.8 Å². The number of nitro benzene ring substituents is 1. The van der Waals surface area contributed by atoms with Crippen molar-refractivity contribution in [2.45, 2.75) is 18.4 Å². The van der Waals surface area contributed by atoms with Gasteiger partial charge < -0.3 is 19.7 Å². The molecule has 0 radical (unpaired) electrons. The zero-order chi connectivity index (χ0) is 21.7. The topological polar surface area (TPSA) is 134 Å². The summed E-state index contributed by atoms with van der Waals surface area (Å²) in [4.78, 5) is 22.5. The van der Waals surface area contributed by atoms with Gasteiger partial charge in [0.1, 0.15) is 5.75 Å². The predicted molar refractivity (Wildman–Crippen MR) is 106 cm³/mol. The van der Waals surface area contributed by atoms with E-state index in [2.05, 4.69) is 10.6 Å². The molecule has 3 rings (SSSR count). The van der Waals surface area contributed by atoms with E-state index in [1.54, 1.807) is 38.3 Å². The molecule has 10 nitrogen and oxygen atoms in total. The Morgan fingerprint density at radius 3 is 2.67 bits per heavy atom. The molecule has 0 aliphatic heterocycles. The van der Waals surface area contributed by atoms with Gasteiger partial charge >= 0.3 is 0 Å². The van der Waals surface area contributed by atoms with Crippen LogP contribution in [0.2, 0.25) is 0 Å². The Hall–Kier alpha value is -3.60. The van der Waals surface area contributed by atoms with Gasteiger partial charge in [-0.3, -0.25) is 14.9 Å². The summed E-state index contributed by atoms with van der Waals surface area (Å²) >= 11 is 1.15. The molecule has 2 aromatic carbocycles. The average molecular weight is 430 g/mol. The highest BCUT2D eigenvalue weighted by Gasteiger charge is 2.21. The number of benzene rings is 2. The predicted octanol–water partition coefficient (Wildman–Crippen LogP) is 2.37. The fourth-order valence-electron chi connectivity index (χ4n) is 2.60. The number of rotatable bonds is 8. The van der Waals surface area contributed by atoms with Crippen molar-refractivity contribution in [1.82, 2.24) is 5.27 Å². The molecule has 1 amide bonds. The van der Waals surface area contributed by atoms with Gasteiger partial charge in [-0.15, -0.1) is 0 Å². The summed E-state index contributed by atoms with van der Waals surface area (Å²) in [5, 5.41) is 29.5. The molecule has 11 heteroatoms. The van der Waals surface area contributed by atoms with Gasteiger partial charge in [0.25, 0.3) is 10.7 Å². The first-order valence-electron chi connectivity index (χ1n) is 8.80. The van der Waals surface area contributed by atoms with Crippen LogP contribution in [0.1, 0.15) is 12.0 Å². The minimum atomic E-state index is -0.595. The number of nitrogens with one attached hydrogen (secondary N) is 1. The maximum atomic E-state index is 12.2. The Balaban J connectivity index is 1.61. The van der Waals surface area contributed by atoms with Crippen molar-refractivity contribution in [3.05, 3.63) is 58.1 Å². The Morgan fingerprint density at radius 1 is 1.30 bits per heavy atom. The first kappa shape index (κ1) is 21.1. The minimum Gasteiger partial charge on any atom is -0.538 e. The second kappa shape index (κ2) is 9.27. The van der Waals surface area contributed by atoms with E-state index in [9.17, 15) is 20.0 Å². The lowest BCUT2D eigenvalue weighted by molar-refractivity contribution is -0.705. The van der Waals surface area contributed by atoms with Crippen LogP contribution in [0.25, 0.3) is 5.69 Å². The van der Waals surface area contributed by atoms with E-state index in [0.29, 0.717) is 28.4 Å². The van der Waals surface area contributed by atoms with Crippen LogP contribution in [0.3, 0.4) is 0 Å². The van der Waals surface area contributed by atoms with Crippen LogP contribution >= 0.6 is 11.8 Å². The largest absolute Gasteiger partial charge is 0.538 e. The number of nitro groups is 1. The van der Waals surface area contributed by atoms with Gasteiger partial charge in [0, 0.05) is 42.1 Å². The molecule has 0 atom stereocenters. The highest BCUT2D eigenvalue weighted by atomic mass is 32.2. The molecule has 0 saturated heterocycles. The summed E-state index contributed by atoms with van der Waals surface area (Å²) in [5.41, 5.74) is 1.66. The van der Waals surface area contributed by atoms with Crippen LogP contribution in [0.15, 0.2) is 52.0 Å². The fraction of sp³-hybridized carbons (Fsp3) is 0.211. The summed E-state index contributed by atoms with van der Waals surface area (Å²) in [6.45, 7) is 1.68. The number of anilines is 1. The molecule has 30 heavy (non-hydrogen) atoms. The van der Waals surface area contributed by atoms with Crippen LogP contribution in [-0.4, -0.2) is 29.0 Å². The van der Waals surface area contributed by atoms with Crippen LogP contribution in [0.4, 0.5) is 11.4 Å². The molecule has 0 saturated carbocycles. The summed E-state index contributed by atoms with van der Waals surface area (Å²) in [6, 6.07) is 11.1. The van der Waals surface area contributed by atoms with E-state index in [1.807, 2.05) is 0 Å². The monoisotopic (exact) mass is 430 g/mol. The van der Waals surface area contributed by atoms with E-state index >= 15 is 0 Å². The number of ether oxygens (including phenoxy) is 1. The number of aromatic nitrogens is 2. The molecule has 0 bridgehead atoms. The summed E-state index contributed by atoms with van der Waals surface area (Å²) in [5.74, 6) is 0.101. The SMILES string of the molecule is COc1ccc(-[n+]2noc([O-])c2SCCC(=O)Nc2ccc([N+](=O)[O-])cc2C)cc1. The first-order valence-corrected chi connectivity index (χ1v) is 9.78.